The number of hydrogen-bond donors (Lipinski definition) is 2. The molecular weight excluding hydrogens is 284 g/mol. The average Bonchev–Trinajstić information content (AvgIpc) is 2.96. The normalized spacial score (nSPS) is 16.3. The zero-order valence-electron chi connectivity index (χ0n) is 8.33. The van der Waals surface area contributed by atoms with Crippen molar-refractivity contribution in [3.05, 3.63) is 0 Å². The summed E-state index contributed by atoms with van der Waals surface area (Å²) in [6, 6.07) is 0.372. The molecule has 0 spiro atoms. The van der Waals surface area contributed by atoms with Crippen LogP contribution in [0.2, 0.25) is 0 Å². The number of hydrogen-bond acceptors (Lipinski definition) is 3. The SMILES string of the molecule is O=C(CCCNS(=O)(=O)CBr)NC1CC1. The van der Waals surface area contributed by atoms with E-state index in [0.717, 1.165) is 12.8 Å². The van der Waals surface area contributed by atoms with Crippen LogP contribution < -0.4 is 10.0 Å². The van der Waals surface area contributed by atoms with E-state index in [-0.39, 0.29) is 10.6 Å². The molecule has 0 unspecified atom stereocenters. The third-order valence-corrected chi connectivity index (χ3v) is 4.73. The van der Waals surface area contributed by atoms with Crippen molar-refractivity contribution in [1.82, 2.24) is 10.0 Å². The molecule has 1 saturated carbocycles. The van der Waals surface area contributed by atoms with Crippen LogP contribution >= 0.6 is 15.9 Å². The molecule has 2 N–H and O–H groups in total. The molecule has 0 aromatic heterocycles. The molecule has 0 radical (unpaired) electrons. The van der Waals surface area contributed by atoms with Crippen LogP contribution in [-0.4, -0.2) is 31.6 Å². The number of amides is 1. The Bertz CT molecular complexity index is 314. The number of nitrogens with one attached hydrogen (secondary N) is 2. The molecule has 15 heavy (non-hydrogen) atoms. The lowest BCUT2D eigenvalue weighted by molar-refractivity contribution is -0.121. The molecule has 7 heteroatoms. The van der Waals surface area contributed by atoms with Crippen molar-refractivity contribution in [3.8, 4) is 0 Å². The summed E-state index contributed by atoms with van der Waals surface area (Å²) in [6.07, 6.45) is 3.05. The minimum Gasteiger partial charge on any atom is -0.353 e. The van der Waals surface area contributed by atoms with Crippen LogP contribution in [0.4, 0.5) is 0 Å². The molecule has 0 atom stereocenters. The van der Waals surface area contributed by atoms with Crippen molar-refractivity contribution in [2.24, 2.45) is 0 Å². The Morgan fingerprint density at radius 2 is 2.07 bits per heavy atom. The van der Waals surface area contributed by atoms with E-state index in [1.54, 1.807) is 0 Å². The van der Waals surface area contributed by atoms with Gasteiger partial charge in [-0.15, -0.1) is 0 Å². The van der Waals surface area contributed by atoms with Crippen molar-refractivity contribution in [3.63, 3.8) is 0 Å². The Balaban J connectivity index is 2.03. The fourth-order valence-corrected chi connectivity index (χ4v) is 2.06. The van der Waals surface area contributed by atoms with Gasteiger partial charge in [0.05, 0.1) is 0 Å². The minimum absolute atomic E-state index is 0.00976. The number of rotatable bonds is 7. The van der Waals surface area contributed by atoms with Gasteiger partial charge < -0.3 is 5.32 Å². The van der Waals surface area contributed by atoms with E-state index in [2.05, 4.69) is 26.0 Å². The molecule has 1 aliphatic carbocycles. The van der Waals surface area contributed by atoms with Crippen LogP contribution in [0.15, 0.2) is 0 Å². The Morgan fingerprint density at radius 1 is 1.40 bits per heavy atom. The lowest BCUT2D eigenvalue weighted by atomic mass is 10.3. The smallest absolute Gasteiger partial charge is 0.221 e. The highest BCUT2D eigenvalue weighted by Crippen LogP contribution is 2.18. The van der Waals surface area contributed by atoms with Crippen LogP contribution in [0.25, 0.3) is 0 Å². The number of carbonyl (C=O) groups excluding carboxylic acids is 1. The summed E-state index contributed by atoms with van der Waals surface area (Å²) in [6.45, 7) is 0.312. The van der Waals surface area contributed by atoms with Crippen LogP contribution in [-0.2, 0) is 14.8 Å². The van der Waals surface area contributed by atoms with E-state index in [0.29, 0.717) is 25.4 Å². The summed E-state index contributed by atoms with van der Waals surface area (Å²) in [5, 5.41) is 2.84. The molecule has 5 nitrogen and oxygen atoms in total. The Morgan fingerprint density at radius 3 is 2.60 bits per heavy atom. The van der Waals surface area contributed by atoms with Crippen molar-refractivity contribution >= 4 is 31.9 Å². The molecule has 0 saturated heterocycles. The predicted octanol–water partition coefficient (Wildman–Crippen LogP) is 0.317. The van der Waals surface area contributed by atoms with Gasteiger partial charge in [0.15, 0.2) is 0 Å². The molecular formula is C8H15BrN2O3S. The van der Waals surface area contributed by atoms with Crippen molar-refractivity contribution in [2.45, 2.75) is 31.7 Å². The second-order valence-electron chi connectivity index (χ2n) is 3.56. The number of carbonyl (C=O) groups is 1. The van der Waals surface area contributed by atoms with E-state index >= 15 is 0 Å². The van der Waals surface area contributed by atoms with Crippen LogP contribution in [0, 0.1) is 0 Å². The van der Waals surface area contributed by atoms with E-state index in [1.807, 2.05) is 0 Å². The number of alkyl halides is 1. The molecule has 0 aliphatic heterocycles. The third-order valence-electron chi connectivity index (χ3n) is 1.99. The number of halogens is 1. The van der Waals surface area contributed by atoms with Gasteiger partial charge in [-0.1, -0.05) is 15.9 Å². The van der Waals surface area contributed by atoms with Crippen molar-refractivity contribution < 1.29 is 13.2 Å². The van der Waals surface area contributed by atoms with Gasteiger partial charge in [0, 0.05) is 19.0 Å². The lowest BCUT2D eigenvalue weighted by Gasteiger charge is -2.04. The molecule has 88 valence electrons. The van der Waals surface area contributed by atoms with E-state index in [9.17, 15) is 13.2 Å². The Kier molecular flexibility index (Phi) is 5.01. The van der Waals surface area contributed by atoms with Crippen LogP contribution in [0.5, 0.6) is 0 Å². The van der Waals surface area contributed by atoms with Gasteiger partial charge in [-0.3, -0.25) is 4.79 Å². The van der Waals surface area contributed by atoms with Gasteiger partial charge >= 0.3 is 0 Å². The molecule has 1 amide bonds. The maximum Gasteiger partial charge on any atom is 0.221 e. The summed E-state index contributed by atoms with van der Waals surface area (Å²) >= 11 is 2.86. The van der Waals surface area contributed by atoms with Gasteiger partial charge in [0.25, 0.3) is 0 Å². The average molecular weight is 299 g/mol. The molecule has 1 rings (SSSR count). The molecule has 0 aromatic rings. The first-order valence-electron chi connectivity index (χ1n) is 4.86. The van der Waals surface area contributed by atoms with Crippen molar-refractivity contribution in [1.29, 1.82) is 0 Å². The summed E-state index contributed by atoms with van der Waals surface area (Å²) in [5.74, 6) is 0.00976. The Labute approximate surface area is 98.2 Å². The summed E-state index contributed by atoms with van der Waals surface area (Å²) in [5.41, 5.74) is 0. The van der Waals surface area contributed by atoms with Crippen LogP contribution in [0.3, 0.4) is 0 Å². The zero-order valence-corrected chi connectivity index (χ0v) is 10.7. The maximum absolute atomic E-state index is 11.2. The molecule has 1 aliphatic rings. The highest BCUT2D eigenvalue weighted by atomic mass is 79.9. The van der Waals surface area contributed by atoms with E-state index in [4.69, 9.17) is 0 Å². The maximum atomic E-state index is 11.2. The summed E-state index contributed by atoms with van der Waals surface area (Å²) in [4.78, 5) is 11.2. The lowest BCUT2D eigenvalue weighted by Crippen LogP contribution is -2.28. The molecule has 1 fully saturated rings. The quantitative estimate of drug-likeness (QED) is 0.525. The summed E-state index contributed by atoms with van der Waals surface area (Å²) < 4.78 is 24.2. The second kappa shape index (κ2) is 5.81. The van der Waals surface area contributed by atoms with Gasteiger partial charge in [-0.05, 0) is 19.3 Å². The topological polar surface area (TPSA) is 75.3 Å². The van der Waals surface area contributed by atoms with Gasteiger partial charge in [-0.2, -0.15) is 0 Å². The van der Waals surface area contributed by atoms with Gasteiger partial charge in [0.2, 0.25) is 15.9 Å². The fourth-order valence-electron chi connectivity index (χ4n) is 1.04. The van der Waals surface area contributed by atoms with E-state index < -0.39 is 10.0 Å². The van der Waals surface area contributed by atoms with Crippen LogP contribution in [0.1, 0.15) is 25.7 Å². The molecule has 0 aromatic carbocycles. The largest absolute Gasteiger partial charge is 0.353 e. The predicted molar refractivity (Wildman–Crippen MR) is 61.1 cm³/mol. The first kappa shape index (κ1) is 12.9. The molecule has 0 heterocycles. The van der Waals surface area contributed by atoms with Crippen molar-refractivity contribution in [2.75, 3.05) is 11.2 Å². The second-order valence-corrected chi connectivity index (χ2v) is 6.67. The zero-order chi connectivity index (χ0) is 11.3. The van der Waals surface area contributed by atoms with Gasteiger partial charge in [-0.25, -0.2) is 13.1 Å². The third kappa shape index (κ3) is 6.11. The Hall–Kier alpha value is -0.140. The summed E-state index contributed by atoms with van der Waals surface area (Å²) in [7, 11) is -3.19. The first-order chi connectivity index (χ1) is 7.03. The standard InChI is InChI=1S/C8H15BrN2O3S/c9-6-15(13,14)10-5-1-2-8(12)11-7-3-4-7/h7,10H,1-6H2,(H,11,12). The molecule has 0 bridgehead atoms. The van der Waals surface area contributed by atoms with E-state index in [1.165, 1.54) is 0 Å². The minimum atomic E-state index is -3.19. The first-order valence-corrected chi connectivity index (χ1v) is 7.63. The number of sulfonamides is 1. The fraction of sp³-hybridized carbons (Fsp3) is 0.875. The highest BCUT2D eigenvalue weighted by molar-refractivity contribution is 9.10. The highest BCUT2D eigenvalue weighted by Gasteiger charge is 2.22. The monoisotopic (exact) mass is 298 g/mol. The van der Waals surface area contributed by atoms with Gasteiger partial charge in [0.1, 0.15) is 4.66 Å².